The van der Waals surface area contributed by atoms with Crippen LogP contribution in [0.1, 0.15) is 5.56 Å². The maximum absolute atomic E-state index is 5.28. The standard InChI is InChI=1S/C18H14BrN5OS/c1-25-15-4-2-3-14(9-15)24-17-16(22-23-24)18(21-11-20-17)26-10-12-5-7-13(19)8-6-12/h2-9,11H,10H2,1H3. The zero-order valence-corrected chi connectivity index (χ0v) is 16.2. The van der Waals surface area contributed by atoms with Crippen molar-refractivity contribution in [1.29, 1.82) is 0 Å². The van der Waals surface area contributed by atoms with Crippen LogP contribution < -0.4 is 4.74 Å². The van der Waals surface area contributed by atoms with Gasteiger partial charge in [-0.3, -0.25) is 0 Å². The van der Waals surface area contributed by atoms with Gasteiger partial charge in [0.25, 0.3) is 0 Å². The minimum atomic E-state index is 0.673. The number of methoxy groups -OCH3 is 1. The Morgan fingerprint density at radius 2 is 1.96 bits per heavy atom. The van der Waals surface area contributed by atoms with Crippen LogP contribution in [-0.2, 0) is 5.75 Å². The fraction of sp³-hybridized carbons (Fsp3) is 0.111. The topological polar surface area (TPSA) is 65.7 Å². The SMILES string of the molecule is COc1cccc(-n2nnc3c(SCc4ccc(Br)cc4)ncnc32)c1. The van der Waals surface area contributed by atoms with Gasteiger partial charge in [0.2, 0.25) is 0 Å². The second-order valence-corrected chi connectivity index (χ2v) is 7.35. The van der Waals surface area contributed by atoms with Crippen molar-refractivity contribution < 1.29 is 4.74 Å². The molecule has 130 valence electrons. The number of fused-ring (bicyclic) bond motifs is 1. The van der Waals surface area contributed by atoms with Crippen molar-refractivity contribution in [2.75, 3.05) is 7.11 Å². The third kappa shape index (κ3) is 3.42. The van der Waals surface area contributed by atoms with Crippen LogP contribution in [0, 0.1) is 0 Å². The lowest BCUT2D eigenvalue weighted by atomic mass is 10.2. The lowest BCUT2D eigenvalue weighted by molar-refractivity contribution is 0.414. The van der Waals surface area contributed by atoms with Gasteiger partial charge in [-0.1, -0.05) is 51.1 Å². The van der Waals surface area contributed by atoms with E-state index in [-0.39, 0.29) is 0 Å². The van der Waals surface area contributed by atoms with Gasteiger partial charge in [-0.15, -0.1) is 5.10 Å². The largest absolute Gasteiger partial charge is 0.497 e. The van der Waals surface area contributed by atoms with Gasteiger partial charge in [0, 0.05) is 16.3 Å². The summed E-state index contributed by atoms with van der Waals surface area (Å²) in [6, 6.07) is 15.9. The monoisotopic (exact) mass is 427 g/mol. The summed E-state index contributed by atoms with van der Waals surface area (Å²) in [5.41, 5.74) is 3.42. The van der Waals surface area contributed by atoms with E-state index in [9.17, 15) is 0 Å². The summed E-state index contributed by atoms with van der Waals surface area (Å²) in [7, 11) is 1.64. The number of nitrogens with zero attached hydrogens (tertiary/aromatic N) is 5. The predicted molar refractivity (Wildman–Crippen MR) is 105 cm³/mol. The molecule has 2 heterocycles. The van der Waals surface area contributed by atoms with Crippen LogP contribution >= 0.6 is 27.7 Å². The molecule has 0 aliphatic rings. The van der Waals surface area contributed by atoms with Gasteiger partial charge < -0.3 is 4.74 Å². The van der Waals surface area contributed by atoms with Crippen molar-refractivity contribution in [2.45, 2.75) is 10.8 Å². The number of hydrogen-bond donors (Lipinski definition) is 0. The van der Waals surface area contributed by atoms with Crippen LogP contribution in [-0.4, -0.2) is 32.1 Å². The van der Waals surface area contributed by atoms with Gasteiger partial charge in [0.05, 0.1) is 12.8 Å². The molecule has 0 amide bonds. The first-order valence-electron chi connectivity index (χ1n) is 7.82. The highest BCUT2D eigenvalue weighted by atomic mass is 79.9. The van der Waals surface area contributed by atoms with Gasteiger partial charge >= 0.3 is 0 Å². The van der Waals surface area contributed by atoms with Gasteiger partial charge in [-0.05, 0) is 29.8 Å². The lowest BCUT2D eigenvalue weighted by Crippen LogP contribution is -1.98. The molecule has 0 aliphatic carbocycles. The molecule has 2 aromatic heterocycles. The maximum atomic E-state index is 5.28. The third-order valence-electron chi connectivity index (χ3n) is 3.79. The summed E-state index contributed by atoms with van der Waals surface area (Å²) >= 11 is 5.07. The molecule has 4 aromatic rings. The minimum Gasteiger partial charge on any atom is -0.497 e. The molecule has 2 aromatic carbocycles. The molecule has 0 atom stereocenters. The van der Waals surface area contributed by atoms with E-state index in [4.69, 9.17) is 4.74 Å². The number of halogens is 1. The molecular formula is C18H14BrN5OS. The quantitative estimate of drug-likeness (QED) is 0.349. The predicted octanol–water partition coefficient (Wildman–Crippen LogP) is 4.27. The van der Waals surface area contributed by atoms with Crippen molar-refractivity contribution in [2.24, 2.45) is 0 Å². The van der Waals surface area contributed by atoms with E-state index in [0.717, 1.165) is 26.7 Å². The van der Waals surface area contributed by atoms with Crippen molar-refractivity contribution in [3.63, 3.8) is 0 Å². The summed E-state index contributed by atoms with van der Waals surface area (Å²) in [6.45, 7) is 0. The third-order valence-corrected chi connectivity index (χ3v) is 5.37. The van der Waals surface area contributed by atoms with E-state index < -0.39 is 0 Å². The molecule has 8 heteroatoms. The first kappa shape index (κ1) is 17.0. The molecule has 0 N–H and O–H groups in total. The van der Waals surface area contributed by atoms with E-state index >= 15 is 0 Å². The number of benzene rings is 2. The molecule has 0 fully saturated rings. The Balaban J connectivity index is 1.65. The molecule has 26 heavy (non-hydrogen) atoms. The van der Waals surface area contributed by atoms with E-state index in [2.05, 4.69) is 48.3 Å². The van der Waals surface area contributed by atoms with Gasteiger partial charge in [0.1, 0.15) is 17.1 Å². The minimum absolute atomic E-state index is 0.673. The van der Waals surface area contributed by atoms with Crippen LogP contribution in [0.4, 0.5) is 0 Å². The summed E-state index contributed by atoms with van der Waals surface area (Å²) in [5.74, 6) is 1.55. The lowest BCUT2D eigenvalue weighted by Gasteiger charge is -2.05. The average molecular weight is 428 g/mol. The van der Waals surface area contributed by atoms with Gasteiger partial charge in [0.15, 0.2) is 11.2 Å². The highest BCUT2D eigenvalue weighted by molar-refractivity contribution is 9.10. The van der Waals surface area contributed by atoms with E-state index in [0.29, 0.717) is 11.2 Å². The number of rotatable bonds is 5. The number of aromatic nitrogens is 5. The first-order valence-corrected chi connectivity index (χ1v) is 9.60. The summed E-state index contributed by atoms with van der Waals surface area (Å²) in [5, 5.41) is 9.37. The van der Waals surface area contributed by atoms with Gasteiger partial charge in [-0.2, -0.15) is 4.68 Å². The van der Waals surface area contributed by atoms with Crippen LogP contribution in [0.25, 0.3) is 16.9 Å². The molecule has 0 saturated carbocycles. The number of hydrogen-bond acceptors (Lipinski definition) is 6. The Hall–Kier alpha value is -2.45. The Bertz CT molecular complexity index is 1050. The second kappa shape index (κ2) is 7.43. The van der Waals surface area contributed by atoms with Crippen LogP contribution in [0.2, 0.25) is 0 Å². The Kier molecular flexibility index (Phi) is 4.85. The second-order valence-electron chi connectivity index (χ2n) is 5.47. The first-order chi connectivity index (χ1) is 12.7. The van der Waals surface area contributed by atoms with Crippen molar-refractivity contribution in [3.8, 4) is 11.4 Å². The summed E-state index contributed by atoms with van der Waals surface area (Å²) in [4.78, 5) is 8.75. The normalized spacial score (nSPS) is 11.0. The maximum Gasteiger partial charge on any atom is 0.187 e. The van der Waals surface area contributed by atoms with Gasteiger partial charge in [-0.25, -0.2) is 9.97 Å². The molecule has 0 aliphatic heterocycles. The van der Waals surface area contributed by atoms with E-state index in [1.807, 2.05) is 36.4 Å². The zero-order chi connectivity index (χ0) is 17.9. The fourth-order valence-corrected chi connectivity index (χ4v) is 3.63. The van der Waals surface area contributed by atoms with Crippen molar-refractivity contribution >= 4 is 38.9 Å². The molecule has 0 bridgehead atoms. The van der Waals surface area contributed by atoms with E-state index in [1.165, 1.54) is 5.56 Å². The molecule has 0 spiro atoms. The van der Waals surface area contributed by atoms with Crippen LogP contribution in [0.3, 0.4) is 0 Å². The Morgan fingerprint density at radius 3 is 2.77 bits per heavy atom. The molecule has 0 radical (unpaired) electrons. The smallest absolute Gasteiger partial charge is 0.187 e. The van der Waals surface area contributed by atoms with Crippen molar-refractivity contribution in [1.82, 2.24) is 25.0 Å². The zero-order valence-electron chi connectivity index (χ0n) is 13.8. The van der Waals surface area contributed by atoms with Crippen LogP contribution in [0.15, 0.2) is 64.4 Å². The molecule has 4 rings (SSSR count). The molecule has 0 saturated heterocycles. The molecule has 6 nitrogen and oxygen atoms in total. The molecular weight excluding hydrogens is 414 g/mol. The average Bonchev–Trinajstić information content (AvgIpc) is 3.12. The molecule has 0 unspecified atom stereocenters. The van der Waals surface area contributed by atoms with E-state index in [1.54, 1.807) is 29.9 Å². The number of thioether (sulfide) groups is 1. The Labute approximate surface area is 162 Å². The van der Waals surface area contributed by atoms with Crippen molar-refractivity contribution in [3.05, 3.63) is 64.9 Å². The fourth-order valence-electron chi connectivity index (χ4n) is 2.48. The highest BCUT2D eigenvalue weighted by Crippen LogP contribution is 2.27. The summed E-state index contributed by atoms with van der Waals surface area (Å²) < 4.78 is 8.05. The van der Waals surface area contributed by atoms with Crippen LogP contribution in [0.5, 0.6) is 5.75 Å². The summed E-state index contributed by atoms with van der Waals surface area (Å²) in [6.07, 6.45) is 1.55. The Morgan fingerprint density at radius 1 is 1.12 bits per heavy atom. The number of ether oxygens (including phenoxy) is 1. The highest BCUT2D eigenvalue weighted by Gasteiger charge is 2.14.